The Hall–Kier alpha value is -1.60. The summed E-state index contributed by atoms with van der Waals surface area (Å²) in [5, 5.41) is 22.0. The van der Waals surface area contributed by atoms with Gasteiger partial charge in [0, 0.05) is 0 Å². The molecule has 17 heavy (non-hydrogen) atoms. The smallest absolute Gasteiger partial charge is 0.124 e. The number of nitrogens with one attached hydrogen (secondary N) is 1. The third kappa shape index (κ3) is 2.95. The minimum absolute atomic E-state index is 0.224. The van der Waals surface area contributed by atoms with E-state index in [1.165, 1.54) is 18.2 Å². The summed E-state index contributed by atoms with van der Waals surface area (Å²) in [5.41, 5.74) is -0.881. The first-order chi connectivity index (χ1) is 7.67. The lowest BCUT2D eigenvalue weighted by atomic mass is 9.85. The fourth-order valence-electron chi connectivity index (χ4n) is 1.21. The molecule has 0 amide bonds. The van der Waals surface area contributed by atoms with E-state index in [2.05, 4.69) is 5.32 Å². The van der Waals surface area contributed by atoms with Gasteiger partial charge in [-0.2, -0.15) is 5.26 Å². The molecule has 0 saturated heterocycles. The maximum atomic E-state index is 13.0. The van der Waals surface area contributed by atoms with Crippen LogP contribution in [0.2, 0.25) is 0 Å². The van der Waals surface area contributed by atoms with Crippen LogP contribution in [0, 0.1) is 17.1 Å². The average Bonchev–Trinajstić information content (AvgIpc) is 2.18. The van der Waals surface area contributed by atoms with Gasteiger partial charge in [0.25, 0.3) is 0 Å². The van der Waals surface area contributed by atoms with Gasteiger partial charge in [0.2, 0.25) is 0 Å². The lowest BCUT2D eigenvalue weighted by Gasteiger charge is -2.39. The first-order valence-corrected chi connectivity index (χ1v) is 5.37. The Bertz CT molecular complexity index is 455. The van der Waals surface area contributed by atoms with Gasteiger partial charge in [0.15, 0.2) is 0 Å². The Kier molecular flexibility index (Phi) is 3.44. The van der Waals surface area contributed by atoms with Gasteiger partial charge in [-0.25, -0.2) is 4.39 Å². The fraction of sp³-hybridized carbons (Fsp3) is 0.462. The van der Waals surface area contributed by atoms with Crippen molar-refractivity contribution in [1.82, 2.24) is 0 Å². The third-order valence-electron chi connectivity index (χ3n) is 3.08. The van der Waals surface area contributed by atoms with E-state index in [4.69, 9.17) is 5.26 Å². The number of benzene rings is 1. The van der Waals surface area contributed by atoms with Gasteiger partial charge >= 0.3 is 0 Å². The predicted octanol–water partition coefficient (Wildman–Crippen LogP) is 2.66. The zero-order valence-electron chi connectivity index (χ0n) is 10.5. The van der Waals surface area contributed by atoms with E-state index in [0.717, 1.165) is 0 Å². The molecule has 0 spiro atoms. The van der Waals surface area contributed by atoms with Crippen LogP contribution in [-0.4, -0.2) is 16.2 Å². The predicted molar refractivity (Wildman–Crippen MR) is 65.1 cm³/mol. The number of hydrogen-bond donors (Lipinski definition) is 2. The highest BCUT2D eigenvalue weighted by Gasteiger charge is 2.35. The van der Waals surface area contributed by atoms with E-state index in [1.54, 1.807) is 13.8 Å². The van der Waals surface area contributed by atoms with Gasteiger partial charge in [-0.15, -0.1) is 0 Å². The minimum Gasteiger partial charge on any atom is -0.388 e. The molecule has 0 saturated carbocycles. The molecule has 4 heteroatoms. The van der Waals surface area contributed by atoms with Crippen LogP contribution < -0.4 is 5.32 Å². The number of halogens is 1. The van der Waals surface area contributed by atoms with Crippen molar-refractivity contribution in [2.75, 3.05) is 5.32 Å². The van der Waals surface area contributed by atoms with Gasteiger partial charge < -0.3 is 10.4 Å². The molecule has 2 N–H and O–H groups in total. The highest BCUT2D eigenvalue weighted by atomic mass is 19.1. The van der Waals surface area contributed by atoms with Crippen LogP contribution in [0.4, 0.5) is 10.1 Å². The van der Waals surface area contributed by atoms with Crippen molar-refractivity contribution in [3.63, 3.8) is 0 Å². The van der Waals surface area contributed by atoms with Crippen molar-refractivity contribution < 1.29 is 9.50 Å². The maximum absolute atomic E-state index is 13.0. The van der Waals surface area contributed by atoms with E-state index in [-0.39, 0.29) is 5.56 Å². The maximum Gasteiger partial charge on any atom is 0.124 e. The molecular weight excluding hydrogens is 219 g/mol. The number of rotatable bonds is 3. The summed E-state index contributed by atoms with van der Waals surface area (Å²) < 4.78 is 13.0. The number of nitriles is 1. The van der Waals surface area contributed by atoms with Crippen LogP contribution in [0.5, 0.6) is 0 Å². The standard InChI is InChI=1S/C13H17FN2O/c1-12(2,13(3,4)17)16-11-6-5-10(14)7-9(11)8-15/h5-7,16-17H,1-4H3. The molecule has 1 aromatic rings. The van der Waals surface area contributed by atoms with E-state index in [0.29, 0.717) is 5.69 Å². The second-order valence-corrected chi connectivity index (χ2v) is 5.11. The minimum atomic E-state index is -0.978. The van der Waals surface area contributed by atoms with Crippen LogP contribution in [0.15, 0.2) is 18.2 Å². The van der Waals surface area contributed by atoms with E-state index in [1.807, 2.05) is 19.9 Å². The largest absolute Gasteiger partial charge is 0.388 e. The summed E-state index contributed by atoms with van der Waals surface area (Å²) in [6.07, 6.45) is 0. The molecule has 0 atom stereocenters. The second kappa shape index (κ2) is 4.34. The molecule has 3 nitrogen and oxygen atoms in total. The summed E-state index contributed by atoms with van der Waals surface area (Å²) in [6, 6.07) is 5.88. The molecule has 0 bridgehead atoms. The molecule has 0 aliphatic heterocycles. The van der Waals surface area contributed by atoms with Crippen LogP contribution in [0.25, 0.3) is 0 Å². The van der Waals surface area contributed by atoms with Gasteiger partial charge in [-0.05, 0) is 45.9 Å². The van der Waals surface area contributed by atoms with Gasteiger partial charge in [0.05, 0.1) is 22.4 Å². The zero-order valence-corrected chi connectivity index (χ0v) is 10.5. The number of anilines is 1. The van der Waals surface area contributed by atoms with Crippen molar-refractivity contribution in [3.8, 4) is 6.07 Å². The Morgan fingerprint density at radius 3 is 2.35 bits per heavy atom. The van der Waals surface area contributed by atoms with Crippen LogP contribution in [0.1, 0.15) is 33.3 Å². The van der Waals surface area contributed by atoms with E-state index >= 15 is 0 Å². The number of hydrogen-bond acceptors (Lipinski definition) is 3. The Balaban J connectivity index is 3.09. The molecule has 0 heterocycles. The van der Waals surface area contributed by atoms with Crippen molar-refractivity contribution in [2.24, 2.45) is 0 Å². The van der Waals surface area contributed by atoms with Gasteiger partial charge in [-0.3, -0.25) is 0 Å². The molecular formula is C13H17FN2O. The summed E-state index contributed by atoms with van der Waals surface area (Å²) in [4.78, 5) is 0. The Morgan fingerprint density at radius 1 is 1.29 bits per heavy atom. The first-order valence-electron chi connectivity index (χ1n) is 5.37. The van der Waals surface area contributed by atoms with Gasteiger partial charge in [0.1, 0.15) is 11.9 Å². The monoisotopic (exact) mass is 236 g/mol. The summed E-state index contributed by atoms with van der Waals surface area (Å²) in [5.74, 6) is -0.451. The molecule has 0 aliphatic rings. The second-order valence-electron chi connectivity index (χ2n) is 5.11. The van der Waals surface area contributed by atoms with Crippen molar-refractivity contribution >= 4 is 5.69 Å². The van der Waals surface area contributed by atoms with Crippen molar-refractivity contribution in [3.05, 3.63) is 29.6 Å². The fourth-order valence-corrected chi connectivity index (χ4v) is 1.21. The number of nitrogens with zero attached hydrogens (tertiary/aromatic N) is 1. The number of aliphatic hydroxyl groups is 1. The normalized spacial score (nSPS) is 12.1. The van der Waals surface area contributed by atoms with Gasteiger partial charge in [-0.1, -0.05) is 0 Å². The molecule has 0 fully saturated rings. The highest BCUT2D eigenvalue weighted by Crippen LogP contribution is 2.27. The third-order valence-corrected chi connectivity index (χ3v) is 3.08. The average molecular weight is 236 g/mol. The molecule has 0 aliphatic carbocycles. The first kappa shape index (κ1) is 13.5. The van der Waals surface area contributed by atoms with E-state index in [9.17, 15) is 9.50 Å². The van der Waals surface area contributed by atoms with Crippen LogP contribution >= 0.6 is 0 Å². The SMILES string of the molecule is CC(C)(O)C(C)(C)Nc1ccc(F)cc1C#N. The molecule has 0 unspecified atom stereocenters. The molecule has 1 aromatic carbocycles. The van der Waals surface area contributed by atoms with Crippen molar-refractivity contribution in [2.45, 2.75) is 38.8 Å². The van der Waals surface area contributed by atoms with Crippen molar-refractivity contribution in [1.29, 1.82) is 5.26 Å². The molecule has 0 aromatic heterocycles. The Labute approximate surface area is 101 Å². The zero-order chi connectivity index (χ0) is 13.3. The lowest BCUT2D eigenvalue weighted by molar-refractivity contribution is 0.0240. The molecule has 92 valence electrons. The molecule has 1 rings (SSSR count). The quantitative estimate of drug-likeness (QED) is 0.848. The summed E-state index contributed by atoms with van der Waals surface area (Å²) in [6.45, 7) is 6.99. The van der Waals surface area contributed by atoms with E-state index < -0.39 is 17.0 Å². The van der Waals surface area contributed by atoms with Crippen LogP contribution in [-0.2, 0) is 0 Å². The topological polar surface area (TPSA) is 56.0 Å². The molecule has 0 radical (unpaired) electrons. The van der Waals surface area contributed by atoms with Crippen LogP contribution in [0.3, 0.4) is 0 Å². The summed E-state index contributed by atoms with van der Waals surface area (Å²) in [7, 11) is 0. The Morgan fingerprint density at radius 2 is 1.88 bits per heavy atom. The highest BCUT2D eigenvalue weighted by molar-refractivity contribution is 5.59. The lowest BCUT2D eigenvalue weighted by Crippen LogP contribution is -2.51. The summed E-state index contributed by atoms with van der Waals surface area (Å²) >= 11 is 0.